The maximum Gasteiger partial charge on any atom is 0.161 e. The van der Waals surface area contributed by atoms with Gasteiger partial charge in [0.25, 0.3) is 0 Å². The van der Waals surface area contributed by atoms with E-state index in [0.29, 0.717) is 10.9 Å². The molecule has 0 saturated heterocycles. The van der Waals surface area contributed by atoms with Crippen LogP contribution in [0.2, 0.25) is 0 Å². The molecule has 1 heterocycles. The molecule has 1 aliphatic rings. The second-order valence-corrected chi connectivity index (χ2v) is 6.13. The summed E-state index contributed by atoms with van der Waals surface area (Å²) in [6.07, 6.45) is 2.31. The minimum atomic E-state index is -0.262. The van der Waals surface area contributed by atoms with Gasteiger partial charge in [0.05, 0.1) is 12.2 Å². The number of amidine groups is 1. The third-order valence-electron chi connectivity index (χ3n) is 2.50. The summed E-state index contributed by atoms with van der Waals surface area (Å²) in [6.45, 7) is 3.00. The van der Waals surface area contributed by atoms with Crippen molar-refractivity contribution in [1.29, 1.82) is 0 Å². The van der Waals surface area contributed by atoms with Gasteiger partial charge in [-0.05, 0) is 24.6 Å². The van der Waals surface area contributed by atoms with Gasteiger partial charge in [0.15, 0.2) is 5.17 Å². The first kappa shape index (κ1) is 12.9. The van der Waals surface area contributed by atoms with Gasteiger partial charge in [-0.15, -0.1) is 0 Å². The fourth-order valence-corrected chi connectivity index (χ4v) is 3.13. The number of nitrogens with zero attached hydrogens (tertiary/aromatic N) is 1. The Balaban J connectivity index is 1.98. The van der Waals surface area contributed by atoms with E-state index in [0.717, 1.165) is 29.0 Å². The number of halogens is 2. The van der Waals surface area contributed by atoms with E-state index in [2.05, 4.69) is 33.2 Å². The number of thioether (sulfide) groups is 1. The molecule has 1 N–H and O–H groups in total. The van der Waals surface area contributed by atoms with E-state index in [1.807, 2.05) is 6.07 Å². The number of rotatable bonds is 3. The quantitative estimate of drug-likeness (QED) is 0.900. The van der Waals surface area contributed by atoms with Crippen molar-refractivity contribution in [2.45, 2.75) is 25.0 Å². The van der Waals surface area contributed by atoms with Crippen molar-refractivity contribution in [3.63, 3.8) is 0 Å². The Morgan fingerprint density at radius 1 is 1.59 bits per heavy atom. The summed E-state index contributed by atoms with van der Waals surface area (Å²) in [5, 5.41) is 4.41. The van der Waals surface area contributed by atoms with E-state index in [1.165, 1.54) is 6.07 Å². The van der Waals surface area contributed by atoms with Crippen LogP contribution < -0.4 is 5.32 Å². The third kappa shape index (κ3) is 3.45. The highest BCUT2D eigenvalue weighted by Crippen LogP contribution is 2.27. The zero-order chi connectivity index (χ0) is 12.3. The van der Waals surface area contributed by atoms with E-state index in [1.54, 1.807) is 17.8 Å². The maximum absolute atomic E-state index is 13.6. The molecule has 17 heavy (non-hydrogen) atoms. The summed E-state index contributed by atoms with van der Waals surface area (Å²) < 4.78 is 14.3. The highest BCUT2D eigenvalue weighted by molar-refractivity contribution is 9.10. The van der Waals surface area contributed by atoms with Crippen LogP contribution >= 0.6 is 27.7 Å². The van der Waals surface area contributed by atoms with Gasteiger partial charge in [0.2, 0.25) is 0 Å². The molecule has 0 saturated carbocycles. The number of nitrogens with one attached hydrogen (secondary N) is 1. The number of hydrogen-bond acceptors (Lipinski definition) is 3. The largest absolute Gasteiger partial charge is 0.333 e. The lowest BCUT2D eigenvalue weighted by molar-refractivity contribution is 0.631. The van der Waals surface area contributed by atoms with E-state index < -0.39 is 0 Å². The molecule has 0 aromatic heterocycles. The summed E-state index contributed by atoms with van der Waals surface area (Å²) in [7, 11) is 0. The van der Waals surface area contributed by atoms with Crippen LogP contribution in [0.3, 0.4) is 0 Å². The zero-order valence-corrected chi connectivity index (χ0v) is 11.9. The first-order valence-electron chi connectivity index (χ1n) is 5.62. The van der Waals surface area contributed by atoms with Gasteiger partial charge < -0.3 is 5.32 Å². The predicted molar refractivity (Wildman–Crippen MR) is 76.3 cm³/mol. The van der Waals surface area contributed by atoms with Crippen molar-refractivity contribution in [3.8, 4) is 0 Å². The van der Waals surface area contributed by atoms with Crippen LogP contribution in [0.25, 0.3) is 0 Å². The Labute approximate surface area is 113 Å². The Bertz CT molecular complexity index is 437. The van der Waals surface area contributed by atoms with Gasteiger partial charge in [0.1, 0.15) is 5.82 Å². The zero-order valence-electron chi connectivity index (χ0n) is 9.54. The molecule has 1 aromatic rings. The first-order chi connectivity index (χ1) is 8.19. The van der Waals surface area contributed by atoms with E-state index in [4.69, 9.17) is 0 Å². The summed E-state index contributed by atoms with van der Waals surface area (Å²) >= 11 is 4.94. The molecule has 1 aliphatic heterocycles. The van der Waals surface area contributed by atoms with Gasteiger partial charge in [-0.3, -0.25) is 4.99 Å². The van der Waals surface area contributed by atoms with Gasteiger partial charge in [-0.1, -0.05) is 41.0 Å². The van der Waals surface area contributed by atoms with Crippen LogP contribution in [0.4, 0.5) is 10.1 Å². The van der Waals surface area contributed by atoms with Crippen molar-refractivity contribution < 1.29 is 4.39 Å². The van der Waals surface area contributed by atoms with Crippen LogP contribution in [-0.2, 0) is 0 Å². The predicted octanol–water partition coefficient (Wildman–Crippen LogP) is 4.27. The summed E-state index contributed by atoms with van der Waals surface area (Å²) in [5.41, 5.74) is 0.483. The van der Waals surface area contributed by atoms with E-state index >= 15 is 0 Å². The minimum Gasteiger partial charge on any atom is -0.333 e. The molecule has 0 amide bonds. The van der Waals surface area contributed by atoms with Crippen LogP contribution in [0.5, 0.6) is 0 Å². The van der Waals surface area contributed by atoms with Crippen molar-refractivity contribution in [2.24, 2.45) is 4.99 Å². The van der Waals surface area contributed by atoms with Crippen LogP contribution in [0.1, 0.15) is 19.8 Å². The highest BCUT2D eigenvalue weighted by Gasteiger charge is 2.19. The molecular formula is C12H14BrFN2S. The topological polar surface area (TPSA) is 24.4 Å². The molecule has 0 fully saturated rings. The number of aliphatic imine (C=N–C) groups is 1. The summed E-state index contributed by atoms with van der Waals surface area (Å²) in [4.78, 5) is 4.38. The molecular weight excluding hydrogens is 303 g/mol. The average molecular weight is 317 g/mol. The first-order valence-corrected chi connectivity index (χ1v) is 7.29. The lowest BCUT2D eigenvalue weighted by atomic mass is 10.2. The maximum atomic E-state index is 13.6. The Morgan fingerprint density at radius 2 is 2.41 bits per heavy atom. The molecule has 1 aromatic carbocycles. The molecule has 1 atom stereocenters. The highest BCUT2D eigenvalue weighted by atomic mass is 79.9. The van der Waals surface area contributed by atoms with Gasteiger partial charge >= 0.3 is 0 Å². The number of hydrogen-bond donors (Lipinski definition) is 1. The molecule has 0 spiro atoms. The Morgan fingerprint density at radius 3 is 3.12 bits per heavy atom. The average Bonchev–Trinajstić information content (AvgIpc) is 2.71. The second kappa shape index (κ2) is 5.87. The minimum absolute atomic E-state index is 0.262. The fourth-order valence-electron chi connectivity index (χ4n) is 1.66. The molecule has 2 rings (SSSR count). The lowest BCUT2D eigenvalue weighted by Crippen LogP contribution is -2.08. The smallest absolute Gasteiger partial charge is 0.161 e. The van der Waals surface area contributed by atoms with Gasteiger partial charge in [0, 0.05) is 9.72 Å². The molecule has 0 bridgehead atoms. The molecule has 1 unspecified atom stereocenters. The van der Waals surface area contributed by atoms with Crippen molar-refractivity contribution in [1.82, 2.24) is 0 Å². The summed E-state index contributed by atoms with van der Waals surface area (Å²) in [5.74, 6) is -0.262. The van der Waals surface area contributed by atoms with Crippen LogP contribution in [-0.4, -0.2) is 17.0 Å². The SMILES string of the molecule is CCCC1CN=C(Nc2ccc(Br)cc2F)S1. The third-order valence-corrected chi connectivity index (χ3v) is 4.17. The standard InChI is InChI=1S/C12H14BrFN2S/c1-2-3-9-7-15-12(17-9)16-11-5-4-8(13)6-10(11)14/h4-6,9H,2-3,7H2,1H3,(H,15,16). The monoisotopic (exact) mass is 316 g/mol. The number of anilines is 1. The molecule has 0 aliphatic carbocycles. The molecule has 92 valence electrons. The van der Waals surface area contributed by atoms with Crippen molar-refractivity contribution in [2.75, 3.05) is 11.9 Å². The summed E-state index contributed by atoms with van der Waals surface area (Å²) in [6, 6.07) is 4.98. The van der Waals surface area contributed by atoms with Crippen LogP contribution in [0, 0.1) is 5.82 Å². The van der Waals surface area contributed by atoms with Crippen molar-refractivity contribution >= 4 is 38.5 Å². The normalized spacial score (nSPS) is 19.2. The fraction of sp³-hybridized carbons (Fsp3) is 0.417. The Hall–Kier alpha value is -0.550. The van der Waals surface area contributed by atoms with E-state index in [-0.39, 0.29) is 5.82 Å². The molecule has 2 nitrogen and oxygen atoms in total. The van der Waals surface area contributed by atoms with Crippen LogP contribution in [0.15, 0.2) is 27.7 Å². The molecule has 5 heteroatoms. The van der Waals surface area contributed by atoms with Crippen molar-refractivity contribution in [3.05, 3.63) is 28.5 Å². The van der Waals surface area contributed by atoms with Gasteiger partial charge in [-0.25, -0.2) is 4.39 Å². The number of benzene rings is 1. The second-order valence-electron chi connectivity index (χ2n) is 3.92. The Kier molecular flexibility index (Phi) is 4.45. The lowest BCUT2D eigenvalue weighted by Gasteiger charge is -2.08. The molecule has 0 radical (unpaired) electrons. The van der Waals surface area contributed by atoms with Gasteiger partial charge in [-0.2, -0.15) is 0 Å². The van der Waals surface area contributed by atoms with E-state index in [9.17, 15) is 4.39 Å².